The van der Waals surface area contributed by atoms with Crippen molar-refractivity contribution in [3.63, 3.8) is 0 Å². The number of ether oxygens (including phenoxy) is 1. The second-order valence-electron chi connectivity index (χ2n) is 3.91. The van der Waals surface area contributed by atoms with Gasteiger partial charge in [0.25, 0.3) is 10.0 Å². The molecule has 21 heavy (non-hydrogen) atoms. The quantitative estimate of drug-likeness (QED) is 0.668. The second-order valence-corrected chi connectivity index (χ2v) is 7.00. The molecule has 0 fully saturated rings. The number of hydrogen-bond acceptors (Lipinski definition) is 6. The van der Waals surface area contributed by atoms with Crippen molar-refractivity contribution >= 4 is 44.5 Å². The summed E-state index contributed by atoms with van der Waals surface area (Å²) in [7, 11) is -2.61. The Balaban J connectivity index is 2.55. The number of carbonyl (C=O) groups excluding carboxylic acids is 1. The smallest absolute Gasteiger partial charge is 0.339 e. The number of rotatable bonds is 3. The van der Waals surface area contributed by atoms with Crippen LogP contribution in [0.25, 0.3) is 0 Å². The Labute approximate surface area is 131 Å². The summed E-state index contributed by atoms with van der Waals surface area (Å²) in [5.41, 5.74) is -0.00429. The van der Waals surface area contributed by atoms with Gasteiger partial charge in [-0.1, -0.05) is 29.4 Å². The monoisotopic (exact) mass is 346 g/mol. The molecule has 0 spiro atoms. The highest BCUT2D eigenvalue weighted by Gasteiger charge is 2.30. The molecule has 1 N–H and O–H groups in total. The van der Waals surface area contributed by atoms with Crippen LogP contribution in [0.1, 0.15) is 10.4 Å². The Morgan fingerprint density at radius 1 is 1.57 bits per heavy atom. The van der Waals surface area contributed by atoms with Crippen LogP contribution in [0.15, 0.2) is 39.6 Å². The number of methoxy groups -OCH3 is 1. The average Bonchev–Trinajstić information content (AvgIpc) is 2.42. The predicted molar refractivity (Wildman–Crippen MR) is 81.5 cm³/mol. The van der Waals surface area contributed by atoms with E-state index >= 15 is 0 Å². The van der Waals surface area contributed by atoms with E-state index in [2.05, 4.69) is 21.0 Å². The summed E-state index contributed by atoms with van der Waals surface area (Å²) in [5, 5.41) is 0.345. The van der Waals surface area contributed by atoms with Gasteiger partial charge in [-0.3, -0.25) is 9.71 Å². The Morgan fingerprint density at radius 2 is 2.29 bits per heavy atom. The van der Waals surface area contributed by atoms with Gasteiger partial charge in [-0.2, -0.15) is 0 Å². The molecule has 0 aliphatic carbocycles. The summed E-state index contributed by atoms with van der Waals surface area (Å²) in [6.07, 6.45) is 1.55. The fraction of sp³-hybridized carbons (Fsp3) is 0.167. The lowest BCUT2D eigenvalue weighted by Gasteiger charge is -2.20. The number of sulfonamides is 1. The van der Waals surface area contributed by atoms with Crippen LogP contribution in [-0.4, -0.2) is 33.2 Å². The molecule has 0 amide bonds. The maximum Gasteiger partial charge on any atom is 0.339 e. The first-order valence-corrected chi connectivity index (χ1v) is 8.34. The van der Waals surface area contributed by atoms with Crippen LogP contribution in [0.2, 0.25) is 5.02 Å². The van der Waals surface area contributed by atoms with E-state index in [0.717, 1.165) is 11.8 Å². The SMILES string of the molecule is C=CCN=C1NS(=O)(=O)c2cc(C(=O)OC)c(Cl)cc2S1. The van der Waals surface area contributed by atoms with Crippen molar-refractivity contribution in [1.29, 1.82) is 0 Å². The molecule has 0 unspecified atom stereocenters. The lowest BCUT2D eigenvalue weighted by atomic mass is 10.2. The highest BCUT2D eigenvalue weighted by atomic mass is 35.5. The lowest BCUT2D eigenvalue weighted by Crippen LogP contribution is -2.33. The summed E-state index contributed by atoms with van der Waals surface area (Å²) in [6, 6.07) is 2.61. The molecule has 6 nitrogen and oxygen atoms in total. The molecular formula is C12H11ClN2O4S2. The third-order valence-corrected chi connectivity index (χ3v) is 5.45. The Bertz CT molecular complexity index is 744. The van der Waals surface area contributed by atoms with Crippen molar-refractivity contribution in [2.24, 2.45) is 4.99 Å². The molecule has 0 aromatic heterocycles. The molecule has 0 radical (unpaired) electrons. The summed E-state index contributed by atoms with van der Waals surface area (Å²) < 4.78 is 31.3. The number of esters is 1. The molecule has 1 aromatic carbocycles. The zero-order valence-electron chi connectivity index (χ0n) is 10.9. The van der Waals surface area contributed by atoms with Crippen LogP contribution < -0.4 is 4.72 Å². The van der Waals surface area contributed by atoms with Gasteiger partial charge in [0.15, 0.2) is 5.17 Å². The van der Waals surface area contributed by atoms with E-state index in [1.165, 1.54) is 19.2 Å². The number of hydrogen-bond donors (Lipinski definition) is 1. The van der Waals surface area contributed by atoms with Gasteiger partial charge in [0.1, 0.15) is 4.90 Å². The molecule has 9 heteroatoms. The van der Waals surface area contributed by atoms with Crippen LogP contribution in [-0.2, 0) is 14.8 Å². The number of fused-ring (bicyclic) bond motifs is 1. The standard InChI is InChI=1S/C12H11ClN2O4S2/c1-3-4-14-12-15-21(17,18)10-5-7(11(16)19-2)8(13)6-9(10)20-12/h3,5-6H,1,4H2,2H3,(H,14,15). The minimum atomic E-state index is -3.80. The number of thioether (sulfide) groups is 1. The largest absolute Gasteiger partial charge is 0.465 e. The van der Waals surface area contributed by atoms with Crippen molar-refractivity contribution in [3.8, 4) is 0 Å². The Morgan fingerprint density at radius 3 is 2.90 bits per heavy atom. The van der Waals surface area contributed by atoms with E-state index in [1.807, 2.05) is 0 Å². The Kier molecular flexibility index (Phi) is 4.60. The van der Waals surface area contributed by atoms with Gasteiger partial charge in [0.05, 0.1) is 24.2 Å². The first kappa shape index (κ1) is 15.9. The van der Waals surface area contributed by atoms with E-state index in [1.54, 1.807) is 6.08 Å². The molecule has 1 aliphatic rings. The van der Waals surface area contributed by atoms with Gasteiger partial charge in [-0.25, -0.2) is 13.2 Å². The topological polar surface area (TPSA) is 84.8 Å². The summed E-state index contributed by atoms with van der Waals surface area (Å²) in [4.78, 5) is 16.0. The van der Waals surface area contributed by atoms with Crippen molar-refractivity contribution < 1.29 is 17.9 Å². The summed E-state index contributed by atoms with van der Waals surface area (Å²) >= 11 is 7.11. The number of nitrogens with zero attached hydrogens (tertiary/aromatic N) is 1. The third kappa shape index (κ3) is 3.22. The minimum Gasteiger partial charge on any atom is -0.465 e. The van der Waals surface area contributed by atoms with Crippen LogP contribution >= 0.6 is 23.4 Å². The zero-order valence-corrected chi connectivity index (χ0v) is 13.3. The molecule has 0 bridgehead atoms. The second kappa shape index (κ2) is 6.08. The number of nitrogens with one attached hydrogen (secondary N) is 1. The molecular weight excluding hydrogens is 336 g/mol. The lowest BCUT2D eigenvalue weighted by molar-refractivity contribution is 0.0600. The van der Waals surface area contributed by atoms with Gasteiger partial charge in [0, 0.05) is 4.90 Å². The van der Waals surface area contributed by atoms with Crippen LogP contribution in [0.5, 0.6) is 0 Å². The van der Waals surface area contributed by atoms with Crippen molar-refractivity contribution in [1.82, 2.24) is 4.72 Å². The van der Waals surface area contributed by atoms with Crippen LogP contribution in [0, 0.1) is 0 Å². The van der Waals surface area contributed by atoms with E-state index in [4.69, 9.17) is 11.6 Å². The molecule has 2 rings (SSSR count). The van der Waals surface area contributed by atoms with Crippen molar-refractivity contribution in [3.05, 3.63) is 35.4 Å². The van der Waals surface area contributed by atoms with Gasteiger partial charge >= 0.3 is 5.97 Å². The van der Waals surface area contributed by atoms with E-state index in [9.17, 15) is 13.2 Å². The average molecular weight is 347 g/mol. The molecule has 0 atom stereocenters. The molecule has 0 saturated heterocycles. The van der Waals surface area contributed by atoms with E-state index in [-0.39, 0.29) is 27.2 Å². The molecule has 1 aliphatic heterocycles. The first-order chi connectivity index (χ1) is 9.89. The third-order valence-electron chi connectivity index (χ3n) is 2.52. The zero-order chi connectivity index (χ0) is 15.6. The highest BCUT2D eigenvalue weighted by molar-refractivity contribution is 8.16. The van der Waals surface area contributed by atoms with Gasteiger partial charge in [0.2, 0.25) is 0 Å². The number of halogens is 1. The number of aliphatic imine (C=N–C) groups is 1. The number of benzene rings is 1. The van der Waals surface area contributed by atoms with Crippen LogP contribution in [0.3, 0.4) is 0 Å². The molecule has 0 saturated carbocycles. The molecule has 1 heterocycles. The van der Waals surface area contributed by atoms with Crippen molar-refractivity contribution in [2.75, 3.05) is 13.7 Å². The molecule has 1 aromatic rings. The van der Waals surface area contributed by atoms with Gasteiger partial charge < -0.3 is 4.74 Å². The van der Waals surface area contributed by atoms with E-state index < -0.39 is 16.0 Å². The number of amidine groups is 1. The summed E-state index contributed by atoms with van der Waals surface area (Å²) in [5.74, 6) is -0.700. The normalized spacial score (nSPS) is 17.7. The predicted octanol–water partition coefficient (Wildman–Crippen LogP) is 2.05. The molecule has 112 valence electrons. The van der Waals surface area contributed by atoms with Gasteiger partial charge in [-0.05, 0) is 12.1 Å². The first-order valence-electron chi connectivity index (χ1n) is 5.67. The minimum absolute atomic E-state index is 0.00429. The number of carbonyl (C=O) groups is 1. The fourth-order valence-electron chi connectivity index (χ4n) is 1.60. The van der Waals surface area contributed by atoms with Gasteiger partial charge in [-0.15, -0.1) is 6.58 Å². The highest BCUT2D eigenvalue weighted by Crippen LogP contribution is 2.36. The Hall–Kier alpha value is -1.51. The maximum absolute atomic E-state index is 12.2. The van der Waals surface area contributed by atoms with E-state index in [0.29, 0.717) is 4.90 Å². The summed E-state index contributed by atoms with van der Waals surface area (Å²) in [6.45, 7) is 3.80. The van der Waals surface area contributed by atoms with Crippen LogP contribution in [0.4, 0.5) is 0 Å². The van der Waals surface area contributed by atoms with Crippen molar-refractivity contribution in [2.45, 2.75) is 9.79 Å². The maximum atomic E-state index is 12.2. The fourth-order valence-corrected chi connectivity index (χ4v) is 4.54.